The van der Waals surface area contributed by atoms with Gasteiger partial charge >= 0.3 is 0 Å². The summed E-state index contributed by atoms with van der Waals surface area (Å²) in [5, 5.41) is 3.49. The lowest BCUT2D eigenvalue weighted by Gasteiger charge is -2.35. The number of aliphatic imine (C=N–C) groups is 1. The summed E-state index contributed by atoms with van der Waals surface area (Å²) in [6.07, 6.45) is 5.27. The molecule has 0 radical (unpaired) electrons. The van der Waals surface area contributed by atoms with Crippen LogP contribution in [0.3, 0.4) is 0 Å². The first-order valence-corrected chi connectivity index (χ1v) is 11.9. The number of likely N-dealkylation sites (tertiary alicyclic amines) is 1. The Morgan fingerprint density at radius 1 is 1.10 bits per heavy atom. The number of guanidine groups is 1. The third-order valence-electron chi connectivity index (χ3n) is 5.59. The van der Waals surface area contributed by atoms with E-state index in [-0.39, 0.29) is 30.1 Å². The maximum absolute atomic E-state index is 11.6. The Morgan fingerprint density at radius 2 is 1.72 bits per heavy atom. The summed E-state index contributed by atoms with van der Waals surface area (Å²) in [4.78, 5) is 6.73. The molecule has 1 aromatic carbocycles. The maximum Gasteiger partial charge on any atom is 0.211 e. The van der Waals surface area contributed by atoms with Crippen molar-refractivity contribution in [3.05, 3.63) is 30.3 Å². The SMILES string of the molecule is CN=C(NCC1CCN(S(C)(=O)=O)CC1)N1CCC(Oc2ccccc2)CC1.I. The van der Waals surface area contributed by atoms with E-state index < -0.39 is 10.0 Å². The molecule has 1 aromatic rings. The van der Waals surface area contributed by atoms with Crippen LogP contribution in [0.15, 0.2) is 35.3 Å². The zero-order valence-corrected chi connectivity index (χ0v) is 20.4. The lowest BCUT2D eigenvalue weighted by atomic mass is 9.98. The zero-order chi connectivity index (χ0) is 20.0. The molecule has 2 heterocycles. The summed E-state index contributed by atoms with van der Waals surface area (Å²) in [5.41, 5.74) is 0. The van der Waals surface area contributed by atoms with E-state index in [4.69, 9.17) is 4.74 Å². The van der Waals surface area contributed by atoms with E-state index in [9.17, 15) is 8.42 Å². The first-order chi connectivity index (χ1) is 13.5. The van der Waals surface area contributed by atoms with Gasteiger partial charge in [0.25, 0.3) is 0 Å². The van der Waals surface area contributed by atoms with Gasteiger partial charge in [-0.2, -0.15) is 0 Å². The Bertz CT molecular complexity index is 744. The Hall–Kier alpha value is -1.07. The maximum atomic E-state index is 11.6. The molecule has 1 N–H and O–H groups in total. The van der Waals surface area contributed by atoms with Crippen molar-refractivity contribution in [3.8, 4) is 5.75 Å². The molecule has 7 nitrogen and oxygen atoms in total. The minimum absolute atomic E-state index is 0. The van der Waals surface area contributed by atoms with Gasteiger partial charge in [-0.15, -0.1) is 24.0 Å². The third-order valence-corrected chi connectivity index (χ3v) is 6.89. The Kier molecular flexibility index (Phi) is 9.48. The van der Waals surface area contributed by atoms with Gasteiger partial charge in [-0.3, -0.25) is 4.99 Å². The predicted molar refractivity (Wildman–Crippen MR) is 128 cm³/mol. The first kappa shape index (κ1) is 24.2. The van der Waals surface area contributed by atoms with Crippen molar-refractivity contribution in [1.82, 2.24) is 14.5 Å². The average Bonchev–Trinajstić information content (AvgIpc) is 2.70. The van der Waals surface area contributed by atoms with Crippen LogP contribution < -0.4 is 10.1 Å². The molecular formula is C20H33IN4O3S. The van der Waals surface area contributed by atoms with Crippen molar-refractivity contribution in [2.24, 2.45) is 10.9 Å². The van der Waals surface area contributed by atoms with Gasteiger partial charge in [0, 0.05) is 52.6 Å². The van der Waals surface area contributed by atoms with Crippen LogP contribution in [-0.2, 0) is 10.0 Å². The highest BCUT2D eigenvalue weighted by Crippen LogP contribution is 2.20. The number of hydrogen-bond donors (Lipinski definition) is 1. The van der Waals surface area contributed by atoms with E-state index in [0.717, 1.165) is 57.0 Å². The van der Waals surface area contributed by atoms with Crippen LogP contribution in [0.4, 0.5) is 0 Å². The van der Waals surface area contributed by atoms with Gasteiger partial charge in [-0.1, -0.05) is 18.2 Å². The molecule has 29 heavy (non-hydrogen) atoms. The van der Waals surface area contributed by atoms with Crippen molar-refractivity contribution in [1.29, 1.82) is 0 Å². The van der Waals surface area contributed by atoms with Crippen molar-refractivity contribution in [2.45, 2.75) is 31.8 Å². The van der Waals surface area contributed by atoms with E-state index in [0.29, 0.717) is 19.0 Å². The van der Waals surface area contributed by atoms with Crippen molar-refractivity contribution in [2.75, 3.05) is 46.0 Å². The molecule has 2 aliphatic heterocycles. The minimum Gasteiger partial charge on any atom is -0.490 e. The van der Waals surface area contributed by atoms with E-state index in [1.807, 2.05) is 37.4 Å². The molecule has 2 fully saturated rings. The number of benzene rings is 1. The van der Waals surface area contributed by atoms with E-state index >= 15 is 0 Å². The van der Waals surface area contributed by atoms with Gasteiger partial charge in [0.05, 0.1) is 6.26 Å². The highest BCUT2D eigenvalue weighted by Gasteiger charge is 2.26. The third kappa shape index (κ3) is 7.29. The largest absolute Gasteiger partial charge is 0.490 e. The number of ether oxygens (including phenoxy) is 1. The Balaban J connectivity index is 0.00000300. The predicted octanol–water partition coefficient (Wildman–Crippen LogP) is 2.39. The molecule has 2 aliphatic rings. The minimum atomic E-state index is -3.06. The van der Waals surface area contributed by atoms with Gasteiger partial charge in [0.2, 0.25) is 10.0 Å². The molecule has 0 amide bonds. The summed E-state index contributed by atoms with van der Waals surface area (Å²) in [6.45, 7) is 3.91. The number of sulfonamides is 1. The van der Waals surface area contributed by atoms with Crippen molar-refractivity contribution in [3.63, 3.8) is 0 Å². The highest BCUT2D eigenvalue weighted by atomic mass is 127. The van der Waals surface area contributed by atoms with Crippen LogP contribution in [-0.4, -0.2) is 75.7 Å². The number of para-hydroxylation sites is 1. The van der Waals surface area contributed by atoms with Gasteiger partial charge < -0.3 is 15.0 Å². The number of rotatable bonds is 5. The topological polar surface area (TPSA) is 74.2 Å². The lowest BCUT2D eigenvalue weighted by molar-refractivity contribution is 0.129. The highest BCUT2D eigenvalue weighted by molar-refractivity contribution is 14.0. The van der Waals surface area contributed by atoms with E-state index in [1.165, 1.54) is 6.26 Å². The number of nitrogens with zero attached hydrogens (tertiary/aromatic N) is 3. The van der Waals surface area contributed by atoms with E-state index in [2.05, 4.69) is 15.2 Å². The number of nitrogens with one attached hydrogen (secondary N) is 1. The molecular weight excluding hydrogens is 503 g/mol. The molecule has 0 atom stereocenters. The van der Waals surface area contributed by atoms with Crippen LogP contribution >= 0.6 is 24.0 Å². The number of hydrogen-bond acceptors (Lipinski definition) is 4. The number of halogens is 1. The summed E-state index contributed by atoms with van der Waals surface area (Å²) in [5.74, 6) is 2.35. The second-order valence-electron chi connectivity index (χ2n) is 7.65. The lowest BCUT2D eigenvalue weighted by Crippen LogP contribution is -2.49. The molecule has 0 spiro atoms. The molecule has 3 rings (SSSR count). The average molecular weight is 536 g/mol. The fraction of sp³-hybridized carbons (Fsp3) is 0.650. The van der Waals surface area contributed by atoms with E-state index in [1.54, 1.807) is 4.31 Å². The summed E-state index contributed by atoms with van der Waals surface area (Å²) >= 11 is 0. The normalized spacial score (nSPS) is 20.2. The van der Waals surface area contributed by atoms with Gasteiger partial charge in [0.15, 0.2) is 5.96 Å². The second-order valence-corrected chi connectivity index (χ2v) is 9.63. The summed E-state index contributed by atoms with van der Waals surface area (Å²) in [6, 6.07) is 9.99. The van der Waals surface area contributed by atoms with Crippen LogP contribution in [0.1, 0.15) is 25.7 Å². The molecule has 0 bridgehead atoms. The molecule has 0 unspecified atom stereocenters. The molecule has 0 saturated carbocycles. The van der Waals surface area contributed by atoms with Crippen LogP contribution in [0, 0.1) is 5.92 Å². The molecule has 2 saturated heterocycles. The number of piperidine rings is 2. The standard InChI is InChI=1S/C20H32N4O3S.HI/c1-21-20(22-16-17-8-14-24(15-9-17)28(2,25)26)23-12-10-19(11-13-23)27-18-6-4-3-5-7-18;/h3-7,17,19H,8-16H2,1-2H3,(H,21,22);1H. The van der Waals surface area contributed by atoms with Crippen molar-refractivity contribution >= 4 is 40.0 Å². The van der Waals surface area contributed by atoms with Gasteiger partial charge in [-0.05, 0) is 30.9 Å². The molecule has 0 aliphatic carbocycles. The van der Waals surface area contributed by atoms with Crippen LogP contribution in [0.25, 0.3) is 0 Å². The van der Waals surface area contributed by atoms with Crippen LogP contribution in [0.2, 0.25) is 0 Å². The molecule has 164 valence electrons. The molecule has 9 heteroatoms. The Morgan fingerprint density at radius 3 is 2.28 bits per heavy atom. The monoisotopic (exact) mass is 536 g/mol. The Labute approximate surface area is 192 Å². The summed E-state index contributed by atoms with van der Waals surface area (Å²) < 4.78 is 30.9. The smallest absolute Gasteiger partial charge is 0.211 e. The molecule has 0 aromatic heterocycles. The first-order valence-electron chi connectivity index (χ1n) is 10.1. The summed E-state index contributed by atoms with van der Waals surface area (Å²) in [7, 11) is -1.24. The van der Waals surface area contributed by atoms with Crippen molar-refractivity contribution < 1.29 is 13.2 Å². The fourth-order valence-corrected chi connectivity index (χ4v) is 4.76. The quantitative estimate of drug-likeness (QED) is 0.356. The fourth-order valence-electron chi connectivity index (χ4n) is 3.89. The van der Waals surface area contributed by atoms with Gasteiger partial charge in [0.1, 0.15) is 11.9 Å². The zero-order valence-electron chi connectivity index (χ0n) is 17.3. The van der Waals surface area contributed by atoms with Crippen LogP contribution in [0.5, 0.6) is 5.75 Å². The van der Waals surface area contributed by atoms with Gasteiger partial charge in [-0.25, -0.2) is 12.7 Å². The second kappa shape index (κ2) is 11.4.